The number of ketones is 1. The molecule has 1 saturated heterocycles. The van der Waals surface area contributed by atoms with Gasteiger partial charge >= 0.3 is 0 Å². The van der Waals surface area contributed by atoms with Crippen LogP contribution >= 0.6 is 0 Å². The molecule has 1 atom stereocenters. The third-order valence-electron chi connectivity index (χ3n) is 6.26. The van der Waals surface area contributed by atoms with Gasteiger partial charge in [0, 0.05) is 12.7 Å². The molecule has 1 aliphatic rings. The summed E-state index contributed by atoms with van der Waals surface area (Å²) in [4.78, 5) is 32.7. The summed E-state index contributed by atoms with van der Waals surface area (Å²) in [5.41, 5.74) is 2.79. The van der Waals surface area contributed by atoms with Gasteiger partial charge in [-0.25, -0.2) is 4.98 Å². The summed E-state index contributed by atoms with van der Waals surface area (Å²) in [5.74, 6) is -1.65. The fourth-order valence-electron chi connectivity index (χ4n) is 4.67. The van der Waals surface area contributed by atoms with Crippen LogP contribution in [0.5, 0.6) is 11.5 Å². The average molecular weight is 484 g/mol. The molecule has 8 heteroatoms. The van der Waals surface area contributed by atoms with E-state index >= 15 is 0 Å². The monoisotopic (exact) mass is 483 g/mol. The fourth-order valence-corrected chi connectivity index (χ4v) is 4.67. The van der Waals surface area contributed by atoms with Crippen molar-refractivity contribution in [2.24, 2.45) is 0 Å². The number of carbonyl (C=O) groups is 2. The zero-order valence-electron chi connectivity index (χ0n) is 19.9. The molecule has 0 aliphatic carbocycles. The highest BCUT2D eigenvalue weighted by molar-refractivity contribution is 6.46. The van der Waals surface area contributed by atoms with Gasteiger partial charge in [-0.1, -0.05) is 42.5 Å². The van der Waals surface area contributed by atoms with E-state index in [1.165, 1.54) is 11.0 Å². The van der Waals surface area contributed by atoms with Gasteiger partial charge in [-0.15, -0.1) is 0 Å². The van der Waals surface area contributed by atoms with Gasteiger partial charge in [-0.2, -0.15) is 0 Å². The second-order valence-electron chi connectivity index (χ2n) is 8.55. The van der Waals surface area contributed by atoms with Crippen molar-refractivity contribution in [3.05, 3.63) is 101 Å². The molecule has 2 aromatic heterocycles. The first-order valence-electron chi connectivity index (χ1n) is 11.6. The Kier molecular flexibility index (Phi) is 5.93. The number of likely N-dealkylation sites (tertiary alicyclic amines) is 1. The van der Waals surface area contributed by atoms with Gasteiger partial charge < -0.3 is 19.8 Å². The summed E-state index contributed by atoms with van der Waals surface area (Å²) < 4.78 is 7.25. The smallest absolute Gasteiger partial charge is 0.295 e. The normalized spacial score (nSPS) is 17.2. The third kappa shape index (κ3) is 3.86. The van der Waals surface area contributed by atoms with Crippen LogP contribution in [-0.2, 0) is 16.1 Å². The van der Waals surface area contributed by atoms with Crippen molar-refractivity contribution in [3.63, 3.8) is 0 Å². The first-order chi connectivity index (χ1) is 17.4. The molecule has 8 nitrogen and oxygen atoms in total. The van der Waals surface area contributed by atoms with Crippen LogP contribution < -0.4 is 4.74 Å². The lowest BCUT2D eigenvalue weighted by Crippen LogP contribution is -2.29. The molecule has 1 amide bonds. The molecule has 1 fully saturated rings. The molecule has 2 N–H and O–H groups in total. The largest absolute Gasteiger partial charge is 0.505 e. The highest BCUT2D eigenvalue weighted by atomic mass is 16.5. The molecule has 0 spiro atoms. The van der Waals surface area contributed by atoms with Crippen LogP contribution in [0.3, 0.4) is 0 Å². The molecule has 4 aromatic rings. The number of carbonyl (C=O) groups excluding carboxylic acids is 2. The molecular weight excluding hydrogens is 458 g/mol. The molecule has 3 heterocycles. The van der Waals surface area contributed by atoms with Gasteiger partial charge in [0.05, 0.1) is 23.9 Å². The van der Waals surface area contributed by atoms with Crippen molar-refractivity contribution in [3.8, 4) is 11.5 Å². The maximum absolute atomic E-state index is 13.4. The second-order valence-corrected chi connectivity index (χ2v) is 8.55. The molecule has 1 unspecified atom stereocenters. The van der Waals surface area contributed by atoms with E-state index in [1.54, 1.807) is 48.7 Å². The molecule has 5 rings (SSSR count). The number of aromatic hydroxyl groups is 1. The zero-order valence-corrected chi connectivity index (χ0v) is 19.9. The van der Waals surface area contributed by atoms with Crippen LogP contribution in [-0.4, -0.2) is 42.8 Å². The Balaban J connectivity index is 1.73. The lowest BCUT2D eigenvalue weighted by atomic mass is 9.95. The van der Waals surface area contributed by atoms with Crippen LogP contribution in [0.15, 0.2) is 78.5 Å². The number of aromatic nitrogens is 2. The van der Waals surface area contributed by atoms with Gasteiger partial charge in [0.1, 0.15) is 11.3 Å². The number of pyridine rings is 1. The highest BCUT2D eigenvalue weighted by Gasteiger charge is 2.46. The number of imidazole rings is 1. The van der Waals surface area contributed by atoms with Gasteiger partial charge in [0.2, 0.25) is 0 Å². The van der Waals surface area contributed by atoms with E-state index in [9.17, 15) is 19.8 Å². The molecule has 2 aromatic carbocycles. The number of rotatable bonds is 6. The van der Waals surface area contributed by atoms with E-state index in [0.717, 1.165) is 5.56 Å². The third-order valence-corrected chi connectivity index (χ3v) is 6.26. The summed E-state index contributed by atoms with van der Waals surface area (Å²) >= 11 is 0. The van der Waals surface area contributed by atoms with Crippen molar-refractivity contribution in [1.29, 1.82) is 0 Å². The first kappa shape index (κ1) is 23.2. The van der Waals surface area contributed by atoms with Crippen molar-refractivity contribution < 1.29 is 24.5 Å². The number of ether oxygens (including phenoxy) is 1. The fraction of sp³-hybridized carbons (Fsp3) is 0.179. The van der Waals surface area contributed by atoms with E-state index < -0.39 is 17.7 Å². The lowest BCUT2D eigenvalue weighted by molar-refractivity contribution is -0.140. The molecule has 0 radical (unpaired) electrons. The number of aliphatic hydroxyl groups is 1. The average Bonchev–Trinajstić information content (AvgIpc) is 3.34. The minimum Gasteiger partial charge on any atom is -0.505 e. The summed E-state index contributed by atoms with van der Waals surface area (Å²) in [6.07, 6.45) is 1.74. The van der Waals surface area contributed by atoms with Crippen LogP contribution in [0, 0.1) is 6.92 Å². The van der Waals surface area contributed by atoms with E-state index in [-0.39, 0.29) is 29.4 Å². The van der Waals surface area contributed by atoms with Crippen molar-refractivity contribution in [2.45, 2.75) is 26.4 Å². The predicted octanol–water partition coefficient (Wildman–Crippen LogP) is 4.37. The van der Waals surface area contributed by atoms with Gasteiger partial charge in [0.15, 0.2) is 17.3 Å². The van der Waals surface area contributed by atoms with E-state index in [2.05, 4.69) is 4.98 Å². The van der Waals surface area contributed by atoms with Crippen LogP contribution in [0.2, 0.25) is 0 Å². The standard InChI is InChI=1S/C28H25N3O5/c1-3-36-21-15-19(12-13-20(21)32)25-23(26(33)24-17(2)29-22-11-7-8-14-30(22)24)27(34)28(35)31(25)16-18-9-5-4-6-10-18/h4-15,25,32-33H,3,16H2,1-2H3/b26-23+. The van der Waals surface area contributed by atoms with Gasteiger partial charge in [-0.3, -0.25) is 14.0 Å². The number of hydrogen-bond acceptors (Lipinski definition) is 6. The summed E-state index contributed by atoms with van der Waals surface area (Å²) in [6, 6.07) is 18.5. The topological polar surface area (TPSA) is 104 Å². The molecule has 36 heavy (non-hydrogen) atoms. The number of Topliss-reactive ketones (excluding diaryl/α,β-unsaturated/α-hetero) is 1. The number of fused-ring (bicyclic) bond motifs is 1. The van der Waals surface area contributed by atoms with E-state index in [1.807, 2.05) is 36.4 Å². The quantitative estimate of drug-likeness (QED) is 0.240. The van der Waals surface area contributed by atoms with Crippen LogP contribution in [0.1, 0.15) is 35.5 Å². The molecular formula is C28H25N3O5. The number of benzene rings is 2. The highest BCUT2D eigenvalue weighted by Crippen LogP contribution is 2.43. The Morgan fingerprint density at radius 1 is 1.06 bits per heavy atom. The van der Waals surface area contributed by atoms with E-state index in [4.69, 9.17) is 4.74 Å². The predicted molar refractivity (Wildman–Crippen MR) is 133 cm³/mol. The lowest BCUT2D eigenvalue weighted by Gasteiger charge is -2.26. The van der Waals surface area contributed by atoms with E-state index in [0.29, 0.717) is 29.2 Å². The SMILES string of the molecule is CCOc1cc(C2/C(=C(\O)c3c(C)nc4ccccn34)C(=O)C(=O)N2Cc2ccccc2)ccc1O. The Morgan fingerprint density at radius 2 is 1.81 bits per heavy atom. The Hall–Kier alpha value is -4.59. The molecule has 1 aliphatic heterocycles. The van der Waals surface area contributed by atoms with Crippen molar-refractivity contribution in [2.75, 3.05) is 6.61 Å². The summed E-state index contributed by atoms with van der Waals surface area (Å²) in [5, 5.41) is 21.8. The maximum Gasteiger partial charge on any atom is 0.295 e. The van der Waals surface area contributed by atoms with Crippen LogP contribution in [0.4, 0.5) is 0 Å². The van der Waals surface area contributed by atoms with Crippen molar-refractivity contribution in [1.82, 2.24) is 14.3 Å². The van der Waals surface area contributed by atoms with Crippen molar-refractivity contribution >= 4 is 23.1 Å². The number of phenolic OH excluding ortho intramolecular Hbond substituents is 1. The second kappa shape index (κ2) is 9.22. The number of aliphatic hydroxyl groups excluding tert-OH is 1. The molecule has 182 valence electrons. The number of amides is 1. The maximum atomic E-state index is 13.4. The number of phenols is 1. The Labute approximate surface area is 207 Å². The molecule has 0 saturated carbocycles. The summed E-state index contributed by atoms with van der Waals surface area (Å²) in [7, 11) is 0. The Bertz CT molecular complexity index is 1510. The zero-order chi connectivity index (χ0) is 25.4. The van der Waals surface area contributed by atoms with Gasteiger partial charge in [-0.05, 0) is 49.2 Å². The number of hydrogen-bond donors (Lipinski definition) is 2. The minimum absolute atomic E-state index is 0.0437. The number of nitrogens with zero attached hydrogens (tertiary/aromatic N) is 3. The van der Waals surface area contributed by atoms with Crippen LogP contribution in [0.25, 0.3) is 11.4 Å². The summed E-state index contributed by atoms with van der Waals surface area (Å²) in [6.45, 7) is 4.01. The Morgan fingerprint density at radius 3 is 2.56 bits per heavy atom. The minimum atomic E-state index is -0.904. The van der Waals surface area contributed by atoms with Gasteiger partial charge in [0.25, 0.3) is 11.7 Å². The first-order valence-corrected chi connectivity index (χ1v) is 11.6. The molecule has 0 bridgehead atoms. The number of aryl methyl sites for hydroxylation is 1.